The lowest BCUT2D eigenvalue weighted by Gasteiger charge is -2.15. The third kappa shape index (κ3) is 5.08. The van der Waals surface area contributed by atoms with Crippen molar-refractivity contribution in [2.75, 3.05) is 13.7 Å². The first kappa shape index (κ1) is 21.8. The van der Waals surface area contributed by atoms with Crippen molar-refractivity contribution < 1.29 is 23.8 Å². The number of aliphatic hydroxyl groups excluding tert-OH is 1. The fourth-order valence-corrected chi connectivity index (χ4v) is 3.53. The van der Waals surface area contributed by atoms with Gasteiger partial charge in [-0.15, -0.1) is 0 Å². The van der Waals surface area contributed by atoms with E-state index < -0.39 is 5.82 Å². The van der Waals surface area contributed by atoms with E-state index in [1.54, 1.807) is 18.2 Å². The van der Waals surface area contributed by atoms with Gasteiger partial charge in [0.1, 0.15) is 5.75 Å². The van der Waals surface area contributed by atoms with E-state index in [2.05, 4.69) is 5.32 Å². The number of benzene rings is 3. The normalized spacial score (nSPS) is 13.0. The quantitative estimate of drug-likeness (QED) is 0.511. The van der Waals surface area contributed by atoms with E-state index in [4.69, 9.17) is 9.47 Å². The number of hydrogen-bond acceptors (Lipinski definition) is 4. The highest BCUT2D eigenvalue weighted by atomic mass is 19.1. The number of aliphatic hydroxyl groups is 1. The molecule has 1 saturated carbocycles. The molecule has 0 atom stereocenters. The summed E-state index contributed by atoms with van der Waals surface area (Å²) in [6, 6.07) is 17.6. The molecule has 3 aromatic carbocycles. The van der Waals surface area contributed by atoms with Gasteiger partial charge in [0.05, 0.1) is 25.9 Å². The Hall–Kier alpha value is -3.38. The van der Waals surface area contributed by atoms with Gasteiger partial charge >= 0.3 is 0 Å². The summed E-state index contributed by atoms with van der Waals surface area (Å²) in [6.45, 7) is 0.649. The molecular formula is C26H26FNO4. The van der Waals surface area contributed by atoms with E-state index in [0.717, 1.165) is 29.5 Å². The minimum atomic E-state index is -0.477. The molecular weight excluding hydrogens is 409 g/mol. The van der Waals surface area contributed by atoms with E-state index in [1.165, 1.54) is 19.2 Å². The van der Waals surface area contributed by atoms with Gasteiger partial charge in [-0.1, -0.05) is 36.4 Å². The number of amides is 1. The smallest absolute Gasteiger partial charge is 0.255 e. The lowest BCUT2D eigenvalue weighted by molar-refractivity contribution is 0.0946. The Morgan fingerprint density at radius 1 is 1.09 bits per heavy atom. The number of carbonyl (C=O) groups is 1. The molecule has 4 rings (SSSR count). The SMILES string of the molecule is COc1ccc(CNC(=O)c2cc(-c3ccccc3CO)ccc2OCC2CC2)cc1F. The molecule has 5 nitrogen and oxygen atoms in total. The molecule has 0 radical (unpaired) electrons. The summed E-state index contributed by atoms with van der Waals surface area (Å²) in [6.07, 6.45) is 2.29. The molecule has 0 aliphatic heterocycles. The summed E-state index contributed by atoms with van der Waals surface area (Å²) in [5.41, 5.74) is 3.48. The molecule has 0 unspecified atom stereocenters. The van der Waals surface area contributed by atoms with Gasteiger partial charge in [0, 0.05) is 6.54 Å². The van der Waals surface area contributed by atoms with Gasteiger partial charge in [0.2, 0.25) is 0 Å². The first-order chi connectivity index (χ1) is 15.6. The average Bonchev–Trinajstić information content (AvgIpc) is 3.66. The van der Waals surface area contributed by atoms with Crippen LogP contribution in [0.15, 0.2) is 60.7 Å². The molecule has 0 saturated heterocycles. The fraction of sp³-hybridized carbons (Fsp3) is 0.269. The van der Waals surface area contributed by atoms with Gasteiger partial charge in [-0.2, -0.15) is 0 Å². The molecule has 0 heterocycles. The highest BCUT2D eigenvalue weighted by Gasteiger charge is 2.23. The maximum absolute atomic E-state index is 14.0. The number of rotatable bonds is 9. The first-order valence-electron chi connectivity index (χ1n) is 10.7. The van der Waals surface area contributed by atoms with Crippen LogP contribution in [0.25, 0.3) is 11.1 Å². The Bertz CT molecular complexity index is 1110. The van der Waals surface area contributed by atoms with E-state index in [0.29, 0.717) is 29.4 Å². The minimum Gasteiger partial charge on any atom is -0.494 e. The summed E-state index contributed by atoms with van der Waals surface area (Å²) in [5, 5.41) is 12.5. The molecule has 2 N–H and O–H groups in total. The van der Waals surface area contributed by atoms with Crippen molar-refractivity contribution in [2.24, 2.45) is 5.92 Å². The second kappa shape index (κ2) is 9.83. The number of methoxy groups -OCH3 is 1. The highest BCUT2D eigenvalue weighted by molar-refractivity contribution is 5.98. The van der Waals surface area contributed by atoms with E-state index >= 15 is 0 Å². The molecule has 1 aliphatic carbocycles. The third-order valence-electron chi connectivity index (χ3n) is 5.56. The van der Waals surface area contributed by atoms with Crippen molar-refractivity contribution in [2.45, 2.75) is 26.0 Å². The predicted octanol–water partition coefficient (Wildman–Crippen LogP) is 4.71. The molecule has 0 aromatic heterocycles. The number of nitrogens with one attached hydrogen (secondary N) is 1. The minimum absolute atomic E-state index is 0.0966. The van der Waals surface area contributed by atoms with Gasteiger partial charge in [-0.25, -0.2) is 4.39 Å². The lowest BCUT2D eigenvalue weighted by Crippen LogP contribution is -2.24. The molecule has 1 aliphatic rings. The molecule has 166 valence electrons. The van der Waals surface area contributed by atoms with Crippen LogP contribution in [0, 0.1) is 11.7 Å². The van der Waals surface area contributed by atoms with Gasteiger partial charge < -0.3 is 19.9 Å². The van der Waals surface area contributed by atoms with Crippen molar-refractivity contribution in [3.8, 4) is 22.6 Å². The largest absolute Gasteiger partial charge is 0.494 e. The zero-order valence-corrected chi connectivity index (χ0v) is 17.9. The van der Waals surface area contributed by atoms with E-state index in [-0.39, 0.29) is 24.8 Å². The zero-order chi connectivity index (χ0) is 22.5. The van der Waals surface area contributed by atoms with E-state index in [1.807, 2.05) is 30.3 Å². The van der Waals surface area contributed by atoms with Crippen LogP contribution in [-0.2, 0) is 13.2 Å². The van der Waals surface area contributed by atoms with Crippen LogP contribution in [-0.4, -0.2) is 24.7 Å². The van der Waals surface area contributed by atoms with Crippen LogP contribution >= 0.6 is 0 Å². The first-order valence-corrected chi connectivity index (χ1v) is 10.7. The molecule has 0 spiro atoms. The number of ether oxygens (including phenoxy) is 2. The monoisotopic (exact) mass is 435 g/mol. The molecule has 32 heavy (non-hydrogen) atoms. The van der Waals surface area contributed by atoms with Gasteiger partial charge in [0.25, 0.3) is 5.91 Å². The Balaban J connectivity index is 1.58. The number of halogens is 1. The average molecular weight is 435 g/mol. The number of hydrogen-bond donors (Lipinski definition) is 2. The summed E-state index contributed by atoms with van der Waals surface area (Å²) >= 11 is 0. The summed E-state index contributed by atoms with van der Waals surface area (Å²) in [4.78, 5) is 13.1. The van der Waals surface area contributed by atoms with Crippen LogP contribution in [0.4, 0.5) is 4.39 Å². The Labute approximate surface area is 186 Å². The molecule has 1 fully saturated rings. The molecule has 1 amide bonds. The topological polar surface area (TPSA) is 67.8 Å². The van der Waals surface area contributed by atoms with E-state index in [9.17, 15) is 14.3 Å². The standard InChI is InChI=1S/C26H26FNO4/c1-31-25-10-8-18(12-23(25)27)14-28-26(30)22-13-19(21-5-3-2-4-20(21)15-29)9-11-24(22)32-16-17-6-7-17/h2-5,8-13,17,29H,6-7,14-16H2,1H3,(H,28,30). The lowest BCUT2D eigenvalue weighted by atomic mass is 9.97. The predicted molar refractivity (Wildman–Crippen MR) is 120 cm³/mol. The highest BCUT2D eigenvalue weighted by Crippen LogP contribution is 2.33. The van der Waals surface area contributed by atoms with Gasteiger partial charge in [-0.3, -0.25) is 4.79 Å². The Morgan fingerprint density at radius 2 is 1.88 bits per heavy atom. The fourth-order valence-electron chi connectivity index (χ4n) is 3.53. The summed E-state index contributed by atoms with van der Waals surface area (Å²) in [5.74, 6) is 0.431. The van der Waals surface area contributed by atoms with Crippen molar-refractivity contribution >= 4 is 5.91 Å². The molecule has 6 heteroatoms. The molecule has 0 bridgehead atoms. The van der Waals surface area contributed by atoms with Crippen LogP contribution in [0.5, 0.6) is 11.5 Å². The third-order valence-corrected chi connectivity index (χ3v) is 5.56. The van der Waals surface area contributed by atoms with Crippen LogP contribution in [0.3, 0.4) is 0 Å². The van der Waals surface area contributed by atoms with Crippen LogP contribution < -0.4 is 14.8 Å². The van der Waals surface area contributed by atoms with Gasteiger partial charge in [-0.05, 0) is 65.3 Å². The Morgan fingerprint density at radius 3 is 2.59 bits per heavy atom. The number of carbonyl (C=O) groups excluding carboxylic acids is 1. The Kier molecular flexibility index (Phi) is 6.71. The second-order valence-corrected chi connectivity index (χ2v) is 7.93. The van der Waals surface area contributed by atoms with Crippen LogP contribution in [0.1, 0.15) is 34.3 Å². The van der Waals surface area contributed by atoms with Crippen molar-refractivity contribution in [3.05, 3.63) is 83.2 Å². The van der Waals surface area contributed by atoms with Crippen molar-refractivity contribution in [3.63, 3.8) is 0 Å². The summed E-state index contributed by atoms with van der Waals surface area (Å²) in [7, 11) is 1.41. The van der Waals surface area contributed by atoms with Crippen molar-refractivity contribution in [1.29, 1.82) is 0 Å². The maximum atomic E-state index is 14.0. The zero-order valence-electron chi connectivity index (χ0n) is 17.9. The van der Waals surface area contributed by atoms with Crippen molar-refractivity contribution in [1.82, 2.24) is 5.32 Å². The van der Waals surface area contributed by atoms with Crippen LogP contribution in [0.2, 0.25) is 0 Å². The second-order valence-electron chi connectivity index (χ2n) is 7.93. The molecule has 3 aromatic rings. The summed E-state index contributed by atoms with van der Waals surface area (Å²) < 4.78 is 24.9. The van der Waals surface area contributed by atoms with Gasteiger partial charge in [0.15, 0.2) is 11.6 Å². The maximum Gasteiger partial charge on any atom is 0.255 e.